The Kier molecular flexibility index (Phi) is 4.54. The smallest absolute Gasteiger partial charge is 0.303 e. The Balaban J connectivity index is 1.67. The molecule has 2 N–H and O–H groups in total. The fourth-order valence-electron chi connectivity index (χ4n) is 7.12. The van der Waals surface area contributed by atoms with Gasteiger partial charge in [-0.2, -0.15) is 0 Å². The van der Waals surface area contributed by atoms with E-state index in [1.54, 1.807) is 0 Å². The molecule has 5 nitrogen and oxygen atoms in total. The van der Waals surface area contributed by atoms with E-state index in [-0.39, 0.29) is 41.0 Å². The first-order chi connectivity index (χ1) is 12.7. The molecule has 9 atom stereocenters. The molecule has 0 heterocycles. The minimum absolute atomic E-state index is 0.000532. The third-order valence-electron chi connectivity index (χ3n) is 8.56. The van der Waals surface area contributed by atoms with Gasteiger partial charge in [0.2, 0.25) is 0 Å². The van der Waals surface area contributed by atoms with Crippen molar-refractivity contribution in [1.29, 1.82) is 0 Å². The summed E-state index contributed by atoms with van der Waals surface area (Å²) in [5.74, 6) is 0.596. The predicted octanol–water partition coefficient (Wildman–Crippen LogP) is 2.50. The normalized spacial score (nSPS) is 51.3. The standard InChI is InChI=1S/C22H32O5/c1-12(24)27-20-18(26)10-16-19-15(5-7-22(16,20)3)21(2)6-4-13(11-23)8-14(21)9-17(19)25/h4,6,13-17,19-20,23,25H,5,7-11H2,1-3H3/t13-,14?,15?,16?,17-,19?,20?,21-,22-/m0/s1. The van der Waals surface area contributed by atoms with Crippen molar-refractivity contribution in [3.63, 3.8) is 0 Å². The highest BCUT2D eigenvalue weighted by Gasteiger charge is 2.64. The summed E-state index contributed by atoms with van der Waals surface area (Å²) in [4.78, 5) is 24.3. The van der Waals surface area contributed by atoms with Crippen molar-refractivity contribution in [2.75, 3.05) is 6.61 Å². The van der Waals surface area contributed by atoms with Crippen LogP contribution in [0.1, 0.15) is 52.9 Å². The minimum Gasteiger partial charge on any atom is -0.454 e. The number of aliphatic hydroxyl groups is 2. The lowest BCUT2D eigenvalue weighted by Gasteiger charge is -2.60. The van der Waals surface area contributed by atoms with E-state index in [0.717, 1.165) is 25.7 Å². The number of carbonyl (C=O) groups excluding carboxylic acids is 2. The molecule has 0 aromatic rings. The Labute approximate surface area is 161 Å². The summed E-state index contributed by atoms with van der Waals surface area (Å²) in [6, 6.07) is 0. The average Bonchev–Trinajstić information content (AvgIpc) is 2.86. The second kappa shape index (κ2) is 6.41. The molecule has 0 bridgehead atoms. The largest absolute Gasteiger partial charge is 0.454 e. The molecule has 4 aliphatic carbocycles. The monoisotopic (exact) mass is 376 g/mol. The lowest BCUT2D eigenvalue weighted by molar-refractivity contribution is -0.170. The molecule has 0 aromatic carbocycles. The lowest BCUT2D eigenvalue weighted by atomic mass is 9.45. The average molecular weight is 376 g/mol. The maximum atomic E-state index is 12.7. The van der Waals surface area contributed by atoms with Crippen molar-refractivity contribution in [3.05, 3.63) is 12.2 Å². The molecule has 0 saturated heterocycles. The van der Waals surface area contributed by atoms with Gasteiger partial charge in [0.15, 0.2) is 11.9 Å². The van der Waals surface area contributed by atoms with Crippen molar-refractivity contribution >= 4 is 11.8 Å². The molecule has 0 spiro atoms. The van der Waals surface area contributed by atoms with Crippen LogP contribution < -0.4 is 0 Å². The molecular weight excluding hydrogens is 344 g/mol. The quantitative estimate of drug-likeness (QED) is 0.571. The van der Waals surface area contributed by atoms with Crippen LogP contribution >= 0.6 is 0 Å². The van der Waals surface area contributed by atoms with E-state index in [1.807, 2.05) is 0 Å². The molecule has 3 fully saturated rings. The summed E-state index contributed by atoms with van der Waals surface area (Å²) in [6.45, 7) is 5.90. The molecule has 0 aliphatic heterocycles. The van der Waals surface area contributed by atoms with Crippen LogP contribution in [-0.4, -0.2) is 40.8 Å². The first-order valence-electron chi connectivity index (χ1n) is 10.4. The van der Waals surface area contributed by atoms with Gasteiger partial charge in [-0.05, 0) is 54.8 Å². The fourth-order valence-corrected chi connectivity index (χ4v) is 7.12. The number of allylic oxidation sites excluding steroid dienone is 1. The summed E-state index contributed by atoms with van der Waals surface area (Å²) in [6.07, 6.45) is 7.14. The number of Topliss-reactive ketones (excluding diaryl/α,β-unsaturated/α-hetero) is 1. The Morgan fingerprint density at radius 2 is 2.04 bits per heavy atom. The molecule has 27 heavy (non-hydrogen) atoms. The molecule has 0 aromatic heterocycles. The molecule has 4 rings (SSSR count). The molecule has 3 saturated carbocycles. The minimum atomic E-state index is -0.667. The lowest BCUT2D eigenvalue weighted by Crippen LogP contribution is -2.58. The van der Waals surface area contributed by atoms with Crippen LogP contribution in [0.4, 0.5) is 0 Å². The van der Waals surface area contributed by atoms with Crippen LogP contribution in [0, 0.1) is 40.4 Å². The third kappa shape index (κ3) is 2.72. The third-order valence-corrected chi connectivity index (χ3v) is 8.56. The number of carbonyl (C=O) groups is 2. The fraction of sp³-hybridized carbons (Fsp3) is 0.818. The van der Waals surface area contributed by atoms with E-state index in [9.17, 15) is 19.8 Å². The summed E-state index contributed by atoms with van der Waals surface area (Å²) in [5.41, 5.74) is -0.375. The summed E-state index contributed by atoms with van der Waals surface area (Å²) < 4.78 is 5.46. The van der Waals surface area contributed by atoms with Crippen LogP contribution in [0.25, 0.3) is 0 Å². The van der Waals surface area contributed by atoms with E-state index in [2.05, 4.69) is 26.0 Å². The molecule has 4 aliphatic rings. The maximum absolute atomic E-state index is 12.7. The van der Waals surface area contributed by atoms with Crippen LogP contribution in [0.5, 0.6) is 0 Å². The second-order valence-corrected chi connectivity index (χ2v) is 9.90. The highest BCUT2D eigenvalue weighted by atomic mass is 16.5. The SMILES string of the molecule is CC(=O)OC1C(=O)CC2C3C(CC[C@]12C)[C@@]1(C)C=C[C@H](CO)CC1C[C@@H]3O. The summed E-state index contributed by atoms with van der Waals surface area (Å²) >= 11 is 0. The van der Waals surface area contributed by atoms with Crippen molar-refractivity contribution in [1.82, 2.24) is 0 Å². The zero-order valence-electron chi connectivity index (χ0n) is 16.6. The van der Waals surface area contributed by atoms with Gasteiger partial charge in [0.05, 0.1) is 6.10 Å². The number of hydrogen-bond donors (Lipinski definition) is 2. The zero-order valence-corrected chi connectivity index (χ0v) is 16.6. The van der Waals surface area contributed by atoms with Gasteiger partial charge in [-0.1, -0.05) is 26.0 Å². The van der Waals surface area contributed by atoms with Gasteiger partial charge in [-0.3, -0.25) is 9.59 Å². The first-order valence-corrected chi connectivity index (χ1v) is 10.4. The summed E-state index contributed by atoms with van der Waals surface area (Å²) in [5, 5.41) is 20.7. The van der Waals surface area contributed by atoms with Gasteiger partial charge in [0.25, 0.3) is 0 Å². The van der Waals surface area contributed by atoms with E-state index >= 15 is 0 Å². The highest BCUT2D eigenvalue weighted by Crippen LogP contribution is 2.65. The number of esters is 1. The zero-order chi connectivity index (χ0) is 19.6. The number of fused-ring (bicyclic) bond motifs is 5. The molecule has 150 valence electrons. The van der Waals surface area contributed by atoms with E-state index in [1.165, 1.54) is 6.92 Å². The van der Waals surface area contributed by atoms with Crippen molar-refractivity contribution in [2.45, 2.75) is 65.1 Å². The van der Waals surface area contributed by atoms with E-state index < -0.39 is 18.2 Å². The van der Waals surface area contributed by atoms with Gasteiger partial charge in [0.1, 0.15) is 0 Å². The molecular formula is C22H32O5. The highest BCUT2D eigenvalue weighted by molar-refractivity contribution is 5.89. The Bertz CT molecular complexity index is 672. The number of rotatable bonds is 2. The Morgan fingerprint density at radius 3 is 2.70 bits per heavy atom. The number of hydrogen-bond acceptors (Lipinski definition) is 5. The van der Waals surface area contributed by atoms with Crippen LogP contribution in [0.2, 0.25) is 0 Å². The van der Waals surface area contributed by atoms with Crippen molar-refractivity contribution < 1.29 is 24.5 Å². The number of aliphatic hydroxyl groups excluding tert-OH is 2. The molecule has 0 amide bonds. The second-order valence-electron chi connectivity index (χ2n) is 9.90. The van der Waals surface area contributed by atoms with E-state index in [4.69, 9.17) is 4.74 Å². The molecule has 5 unspecified atom stereocenters. The van der Waals surface area contributed by atoms with Crippen molar-refractivity contribution in [2.24, 2.45) is 40.4 Å². The van der Waals surface area contributed by atoms with Crippen LogP contribution in [0.15, 0.2) is 12.2 Å². The summed E-state index contributed by atoms with van der Waals surface area (Å²) in [7, 11) is 0. The molecule has 0 radical (unpaired) electrons. The maximum Gasteiger partial charge on any atom is 0.303 e. The number of ether oxygens (including phenoxy) is 1. The predicted molar refractivity (Wildman–Crippen MR) is 99.5 cm³/mol. The van der Waals surface area contributed by atoms with Gasteiger partial charge in [-0.25, -0.2) is 0 Å². The first kappa shape index (κ1) is 19.1. The Hall–Kier alpha value is -1.20. The van der Waals surface area contributed by atoms with E-state index in [0.29, 0.717) is 18.3 Å². The van der Waals surface area contributed by atoms with Gasteiger partial charge < -0.3 is 14.9 Å². The van der Waals surface area contributed by atoms with Crippen molar-refractivity contribution in [3.8, 4) is 0 Å². The number of ketones is 1. The van der Waals surface area contributed by atoms with Gasteiger partial charge in [-0.15, -0.1) is 0 Å². The molecule has 5 heteroatoms. The topological polar surface area (TPSA) is 83.8 Å². The van der Waals surface area contributed by atoms with Gasteiger partial charge in [0, 0.05) is 31.3 Å². The Morgan fingerprint density at radius 1 is 1.30 bits per heavy atom. The van der Waals surface area contributed by atoms with Gasteiger partial charge >= 0.3 is 5.97 Å². The van der Waals surface area contributed by atoms with Crippen LogP contribution in [-0.2, 0) is 14.3 Å². The van der Waals surface area contributed by atoms with Crippen LogP contribution in [0.3, 0.4) is 0 Å².